The van der Waals surface area contributed by atoms with E-state index in [9.17, 15) is 26.4 Å². The number of hydrogen-bond donors (Lipinski definition) is 2. The van der Waals surface area contributed by atoms with Crippen LogP contribution in [0.25, 0.3) is 0 Å². The van der Waals surface area contributed by atoms with Gasteiger partial charge in [-0.1, -0.05) is 0 Å². The van der Waals surface area contributed by atoms with Crippen LogP contribution in [0.1, 0.15) is 6.92 Å². The number of nitrogens with zero attached hydrogens (tertiary/aromatic N) is 1. The number of alkyl halides is 3. The molecule has 1 atom stereocenters. The molecular weight excluding hydrogens is 363 g/mol. The third kappa shape index (κ3) is 4.83. The quantitative estimate of drug-likeness (QED) is 0.708. The summed E-state index contributed by atoms with van der Waals surface area (Å²) < 4.78 is 66.5. The molecule has 1 saturated heterocycles. The van der Waals surface area contributed by atoms with Crippen LogP contribution in [0.3, 0.4) is 0 Å². The van der Waals surface area contributed by atoms with Crippen molar-refractivity contribution in [2.45, 2.75) is 24.2 Å². The van der Waals surface area contributed by atoms with E-state index in [4.69, 9.17) is 5.73 Å². The largest absolute Gasteiger partial charge is 0.573 e. The van der Waals surface area contributed by atoms with Crippen molar-refractivity contribution in [3.63, 3.8) is 0 Å². The molecule has 1 heterocycles. The zero-order valence-corrected chi connectivity index (χ0v) is 14.2. The Morgan fingerprint density at radius 3 is 2.20 bits per heavy atom. The summed E-state index contributed by atoms with van der Waals surface area (Å²) in [5.41, 5.74) is 5.25. The number of rotatable bonds is 5. The summed E-state index contributed by atoms with van der Waals surface area (Å²) in [6.07, 6.45) is -4.84. The molecule has 11 heteroatoms. The number of sulfonamides is 1. The third-order valence-corrected chi connectivity index (χ3v) is 6.01. The molecular formula is C14H19F3N3O4S+. The molecule has 1 fully saturated rings. The van der Waals surface area contributed by atoms with Crippen molar-refractivity contribution >= 4 is 15.9 Å². The lowest BCUT2D eigenvalue weighted by atomic mass is 10.2. The molecule has 1 aromatic carbocycles. The van der Waals surface area contributed by atoms with Crippen molar-refractivity contribution < 1.29 is 36.0 Å². The number of nitrogens with two attached hydrogens (primary N) is 1. The van der Waals surface area contributed by atoms with Crippen LogP contribution < -0.4 is 15.4 Å². The SMILES string of the molecule is C[C@@H](C(N)=O)[NH+]1CCN(S(=O)(=O)c2ccc(OC(F)(F)F)cc2)CC1. The highest BCUT2D eigenvalue weighted by Crippen LogP contribution is 2.25. The molecule has 1 aliphatic rings. The summed E-state index contributed by atoms with van der Waals surface area (Å²) in [6, 6.07) is 3.64. The van der Waals surface area contributed by atoms with E-state index in [1.807, 2.05) is 0 Å². The molecule has 0 bridgehead atoms. The van der Waals surface area contributed by atoms with Crippen LogP contribution in [0, 0.1) is 0 Å². The molecule has 0 aliphatic carbocycles. The van der Waals surface area contributed by atoms with Crippen molar-refractivity contribution in [2.75, 3.05) is 26.2 Å². The molecule has 1 aromatic rings. The van der Waals surface area contributed by atoms with Gasteiger partial charge in [0, 0.05) is 0 Å². The number of benzene rings is 1. The van der Waals surface area contributed by atoms with Crippen LogP contribution >= 0.6 is 0 Å². The molecule has 0 aromatic heterocycles. The van der Waals surface area contributed by atoms with Gasteiger partial charge in [-0.3, -0.25) is 4.79 Å². The minimum atomic E-state index is -4.84. The lowest BCUT2D eigenvalue weighted by molar-refractivity contribution is -0.917. The molecule has 25 heavy (non-hydrogen) atoms. The second-order valence-electron chi connectivity index (χ2n) is 5.71. The monoisotopic (exact) mass is 382 g/mol. The number of piperazine rings is 1. The zero-order valence-electron chi connectivity index (χ0n) is 13.4. The van der Waals surface area contributed by atoms with Gasteiger partial charge in [0.1, 0.15) is 5.75 Å². The number of quaternary nitrogens is 1. The maximum absolute atomic E-state index is 12.6. The van der Waals surface area contributed by atoms with Crippen molar-refractivity contribution in [3.8, 4) is 5.75 Å². The molecule has 0 spiro atoms. The van der Waals surface area contributed by atoms with Gasteiger partial charge in [-0.05, 0) is 31.2 Å². The lowest BCUT2D eigenvalue weighted by Crippen LogP contribution is -3.19. The number of ether oxygens (including phenoxy) is 1. The molecule has 0 saturated carbocycles. The topological polar surface area (TPSA) is 94.1 Å². The normalized spacial score (nSPS) is 18.7. The van der Waals surface area contributed by atoms with Crippen molar-refractivity contribution in [2.24, 2.45) is 5.73 Å². The van der Waals surface area contributed by atoms with E-state index in [2.05, 4.69) is 4.74 Å². The van der Waals surface area contributed by atoms with Crippen molar-refractivity contribution in [1.82, 2.24) is 4.31 Å². The Balaban J connectivity index is 2.06. The van der Waals surface area contributed by atoms with Gasteiger partial charge in [-0.25, -0.2) is 8.42 Å². The third-order valence-electron chi connectivity index (χ3n) is 4.10. The van der Waals surface area contributed by atoms with E-state index in [0.29, 0.717) is 13.1 Å². The van der Waals surface area contributed by atoms with E-state index >= 15 is 0 Å². The summed E-state index contributed by atoms with van der Waals surface area (Å²) in [4.78, 5) is 12.0. The van der Waals surface area contributed by atoms with Crippen molar-refractivity contribution in [3.05, 3.63) is 24.3 Å². The first-order valence-corrected chi connectivity index (χ1v) is 8.94. The molecule has 0 radical (unpaired) electrons. The van der Waals surface area contributed by atoms with Gasteiger partial charge >= 0.3 is 6.36 Å². The number of carbonyl (C=O) groups excluding carboxylic acids is 1. The van der Waals surface area contributed by atoms with Gasteiger partial charge in [-0.15, -0.1) is 13.2 Å². The lowest BCUT2D eigenvalue weighted by Gasteiger charge is -2.33. The Morgan fingerprint density at radius 1 is 1.24 bits per heavy atom. The fraction of sp³-hybridized carbons (Fsp3) is 0.500. The zero-order chi connectivity index (χ0) is 18.8. The number of amides is 1. The fourth-order valence-electron chi connectivity index (χ4n) is 2.61. The highest BCUT2D eigenvalue weighted by Gasteiger charge is 2.34. The molecule has 0 unspecified atom stereocenters. The predicted octanol–water partition coefficient (Wildman–Crippen LogP) is -0.652. The van der Waals surface area contributed by atoms with Crippen LogP contribution in [0.5, 0.6) is 5.75 Å². The highest BCUT2D eigenvalue weighted by molar-refractivity contribution is 7.89. The van der Waals surface area contributed by atoms with E-state index in [1.54, 1.807) is 6.92 Å². The number of nitrogens with one attached hydrogen (secondary N) is 1. The second kappa shape index (κ2) is 7.18. The number of carbonyl (C=O) groups is 1. The van der Waals surface area contributed by atoms with Crippen LogP contribution in [-0.4, -0.2) is 57.2 Å². The van der Waals surface area contributed by atoms with Gasteiger partial charge < -0.3 is 15.4 Å². The highest BCUT2D eigenvalue weighted by atomic mass is 32.2. The van der Waals surface area contributed by atoms with Gasteiger partial charge in [0.25, 0.3) is 5.91 Å². The Morgan fingerprint density at radius 2 is 1.76 bits per heavy atom. The van der Waals surface area contributed by atoms with E-state index in [1.165, 1.54) is 4.31 Å². The van der Waals surface area contributed by atoms with Gasteiger partial charge in [0.15, 0.2) is 6.04 Å². The Kier molecular flexibility index (Phi) is 5.59. The second-order valence-corrected chi connectivity index (χ2v) is 7.64. The summed E-state index contributed by atoms with van der Waals surface area (Å²) in [7, 11) is -3.82. The number of primary amides is 1. The number of halogens is 3. The fourth-order valence-corrected chi connectivity index (χ4v) is 4.05. The Labute approximate surface area is 143 Å². The average molecular weight is 382 g/mol. The molecule has 1 aliphatic heterocycles. The van der Waals surface area contributed by atoms with Gasteiger partial charge in [0.2, 0.25) is 10.0 Å². The maximum Gasteiger partial charge on any atom is 0.573 e. The average Bonchev–Trinajstić information content (AvgIpc) is 2.53. The first kappa shape index (κ1) is 19.5. The smallest absolute Gasteiger partial charge is 0.406 e. The van der Waals surface area contributed by atoms with E-state index in [0.717, 1.165) is 29.2 Å². The summed E-state index contributed by atoms with van der Waals surface area (Å²) >= 11 is 0. The van der Waals surface area contributed by atoms with E-state index < -0.39 is 34.1 Å². The van der Waals surface area contributed by atoms with Crippen LogP contribution in [-0.2, 0) is 14.8 Å². The summed E-state index contributed by atoms with van der Waals surface area (Å²) in [6.45, 7) is 2.89. The maximum atomic E-state index is 12.6. The van der Waals surface area contributed by atoms with Crippen molar-refractivity contribution in [1.29, 1.82) is 0 Å². The molecule has 2 rings (SSSR count). The Bertz CT molecular complexity index is 714. The van der Waals surface area contributed by atoms with Crippen LogP contribution in [0.2, 0.25) is 0 Å². The molecule has 1 amide bonds. The van der Waals surface area contributed by atoms with Crippen LogP contribution in [0.15, 0.2) is 29.2 Å². The molecule has 140 valence electrons. The Hall–Kier alpha value is -1.85. The van der Waals surface area contributed by atoms with Gasteiger partial charge in [0.05, 0.1) is 31.1 Å². The van der Waals surface area contributed by atoms with E-state index in [-0.39, 0.29) is 18.0 Å². The number of hydrogen-bond acceptors (Lipinski definition) is 4. The standard InChI is InChI=1S/C14H18F3N3O4S/c1-10(13(18)21)19-6-8-20(9-7-19)25(22,23)12-4-2-11(3-5-12)24-14(15,16)17/h2-5,10H,6-9H2,1H3,(H2,18,21)/p+1/t10-/m0/s1. The first-order valence-electron chi connectivity index (χ1n) is 7.50. The minimum Gasteiger partial charge on any atom is -0.406 e. The molecule has 3 N–H and O–H groups in total. The summed E-state index contributed by atoms with van der Waals surface area (Å²) in [5.74, 6) is -0.942. The molecule has 7 nitrogen and oxygen atoms in total. The van der Waals surface area contributed by atoms with Gasteiger partial charge in [-0.2, -0.15) is 4.31 Å². The predicted molar refractivity (Wildman–Crippen MR) is 81.2 cm³/mol. The first-order chi connectivity index (χ1) is 11.5. The summed E-state index contributed by atoms with van der Waals surface area (Å²) in [5, 5.41) is 0. The van der Waals surface area contributed by atoms with Crippen LogP contribution in [0.4, 0.5) is 13.2 Å². The minimum absolute atomic E-state index is 0.117.